The van der Waals surface area contributed by atoms with E-state index >= 15 is 0 Å². The molecule has 1 saturated carbocycles. The predicted octanol–water partition coefficient (Wildman–Crippen LogP) is 5.78. The van der Waals surface area contributed by atoms with Crippen LogP contribution in [0.4, 0.5) is 0 Å². The number of carbonyl (C=O) groups excluding carboxylic acids is 1. The van der Waals surface area contributed by atoms with E-state index in [9.17, 15) is 4.79 Å². The van der Waals surface area contributed by atoms with E-state index in [4.69, 9.17) is 11.6 Å². The number of rotatable bonds is 6. The van der Waals surface area contributed by atoms with Gasteiger partial charge in [-0.05, 0) is 56.2 Å². The van der Waals surface area contributed by atoms with Crippen LogP contribution < -0.4 is 0 Å². The summed E-state index contributed by atoms with van der Waals surface area (Å²) in [6.45, 7) is 2.06. The number of aryl methyl sites for hydroxylation is 1. The second kappa shape index (κ2) is 9.88. The Balaban J connectivity index is 1.59. The molecule has 1 aliphatic rings. The smallest absolute Gasteiger partial charge is 0.233 e. The van der Waals surface area contributed by atoms with Gasteiger partial charge in [0.1, 0.15) is 0 Å². The highest BCUT2D eigenvalue weighted by Gasteiger charge is 2.23. The average molecular weight is 455 g/mol. The summed E-state index contributed by atoms with van der Waals surface area (Å²) in [4.78, 5) is 14.8. The highest BCUT2D eigenvalue weighted by atomic mass is 35.5. The number of hydrogen-bond donors (Lipinski definition) is 0. The zero-order chi connectivity index (χ0) is 21.8. The quantitative estimate of drug-likeness (QED) is 0.443. The van der Waals surface area contributed by atoms with Gasteiger partial charge < -0.3 is 4.90 Å². The van der Waals surface area contributed by atoms with E-state index in [1.54, 1.807) is 0 Å². The van der Waals surface area contributed by atoms with Crippen LogP contribution in [-0.4, -0.2) is 44.4 Å². The van der Waals surface area contributed by atoms with Crippen LogP contribution in [0.1, 0.15) is 37.7 Å². The first-order valence-corrected chi connectivity index (χ1v) is 12.1. The maximum absolute atomic E-state index is 12.9. The lowest BCUT2D eigenvalue weighted by Crippen LogP contribution is -2.39. The second-order valence-electron chi connectivity index (χ2n) is 8.07. The van der Waals surface area contributed by atoms with Gasteiger partial charge >= 0.3 is 0 Å². The first-order valence-electron chi connectivity index (χ1n) is 10.7. The van der Waals surface area contributed by atoms with Crippen LogP contribution in [0.5, 0.6) is 0 Å². The summed E-state index contributed by atoms with van der Waals surface area (Å²) in [5.74, 6) is 1.22. The molecule has 0 bridgehead atoms. The number of thioether (sulfide) groups is 1. The van der Waals surface area contributed by atoms with Gasteiger partial charge in [0.05, 0.1) is 5.75 Å². The first kappa shape index (κ1) is 21.9. The molecule has 0 unspecified atom stereocenters. The fraction of sp³-hybridized carbons (Fsp3) is 0.375. The standard InChI is InChI=1S/C24H27ClN4OS/c1-17-8-14-21(15-9-17)29-23(18-10-12-19(25)13-11-18)26-27-24(29)31-16-22(30)28(2)20-6-4-3-5-7-20/h8-15,20H,3-7,16H2,1-2H3. The Kier molecular flexibility index (Phi) is 6.98. The van der Waals surface area contributed by atoms with Crippen LogP contribution in [0.25, 0.3) is 17.1 Å². The molecule has 0 N–H and O–H groups in total. The molecule has 7 heteroatoms. The van der Waals surface area contributed by atoms with Crippen molar-refractivity contribution >= 4 is 29.3 Å². The van der Waals surface area contributed by atoms with Crippen LogP contribution >= 0.6 is 23.4 Å². The molecular formula is C24H27ClN4OS. The van der Waals surface area contributed by atoms with Crippen molar-refractivity contribution in [2.24, 2.45) is 0 Å². The summed E-state index contributed by atoms with van der Waals surface area (Å²) in [7, 11) is 1.93. The molecule has 1 aromatic heterocycles. The Morgan fingerprint density at radius 3 is 2.42 bits per heavy atom. The molecule has 1 aliphatic carbocycles. The molecular weight excluding hydrogens is 428 g/mol. The Morgan fingerprint density at radius 1 is 1.06 bits per heavy atom. The van der Waals surface area contributed by atoms with Crippen LogP contribution in [-0.2, 0) is 4.79 Å². The molecule has 0 spiro atoms. The van der Waals surface area contributed by atoms with Crippen LogP contribution in [0.2, 0.25) is 5.02 Å². The Morgan fingerprint density at radius 2 is 1.74 bits per heavy atom. The van der Waals surface area contributed by atoms with Gasteiger partial charge in [0.2, 0.25) is 5.91 Å². The van der Waals surface area contributed by atoms with Gasteiger partial charge in [0.15, 0.2) is 11.0 Å². The van der Waals surface area contributed by atoms with Crippen molar-refractivity contribution in [2.75, 3.05) is 12.8 Å². The molecule has 0 saturated heterocycles. The van der Waals surface area contributed by atoms with Gasteiger partial charge in [-0.1, -0.05) is 60.3 Å². The van der Waals surface area contributed by atoms with Gasteiger partial charge in [0.25, 0.3) is 0 Å². The van der Waals surface area contributed by atoms with Crippen molar-refractivity contribution in [3.05, 3.63) is 59.1 Å². The summed E-state index contributed by atoms with van der Waals surface area (Å²) in [6.07, 6.45) is 5.91. The number of hydrogen-bond acceptors (Lipinski definition) is 4. The molecule has 0 aliphatic heterocycles. The average Bonchev–Trinajstić information content (AvgIpc) is 3.22. The Labute approximate surface area is 192 Å². The van der Waals surface area contributed by atoms with Crippen molar-refractivity contribution in [3.8, 4) is 17.1 Å². The van der Waals surface area contributed by atoms with Crippen LogP contribution in [0.3, 0.4) is 0 Å². The van der Waals surface area contributed by atoms with Crippen molar-refractivity contribution in [1.29, 1.82) is 0 Å². The number of halogens is 1. The van der Waals surface area contributed by atoms with Crippen molar-refractivity contribution in [2.45, 2.75) is 50.2 Å². The molecule has 4 rings (SSSR count). The van der Waals surface area contributed by atoms with Gasteiger partial charge in [-0.3, -0.25) is 9.36 Å². The monoisotopic (exact) mass is 454 g/mol. The Hall–Kier alpha value is -2.31. The molecule has 0 radical (unpaired) electrons. The lowest BCUT2D eigenvalue weighted by molar-refractivity contribution is -0.129. The predicted molar refractivity (Wildman–Crippen MR) is 127 cm³/mol. The van der Waals surface area contributed by atoms with E-state index in [0.717, 1.165) is 29.9 Å². The van der Waals surface area contributed by atoms with Crippen molar-refractivity contribution in [3.63, 3.8) is 0 Å². The van der Waals surface area contributed by atoms with E-state index < -0.39 is 0 Å². The molecule has 1 amide bonds. The summed E-state index contributed by atoms with van der Waals surface area (Å²) in [5, 5.41) is 10.3. The van der Waals surface area contributed by atoms with Gasteiger partial charge in [0, 0.05) is 29.4 Å². The van der Waals surface area contributed by atoms with Crippen LogP contribution in [0.15, 0.2) is 53.7 Å². The molecule has 5 nitrogen and oxygen atoms in total. The number of benzene rings is 2. The summed E-state index contributed by atoms with van der Waals surface area (Å²) in [6, 6.07) is 16.2. The fourth-order valence-electron chi connectivity index (χ4n) is 3.98. The maximum atomic E-state index is 12.9. The maximum Gasteiger partial charge on any atom is 0.233 e. The number of aromatic nitrogens is 3. The van der Waals surface area contributed by atoms with Gasteiger partial charge in [-0.15, -0.1) is 10.2 Å². The molecule has 3 aromatic rings. The third-order valence-corrected chi connectivity index (χ3v) is 7.03. The topological polar surface area (TPSA) is 51.0 Å². The van der Waals surface area contributed by atoms with Crippen LogP contribution in [0, 0.1) is 6.92 Å². The van der Waals surface area contributed by atoms with E-state index in [-0.39, 0.29) is 5.91 Å². The molecule has 162 valence electrons. The molecule has 0 atom stereocenters. The largest absolute Gasteiger partial charge is 0.342 e. The SMILES string of the molecule is Cc1ccc(-n2c(SCC(=O)N(C)C3CCCCC3)nnc2-c2ccc(Cl)cc2)cc1. The third kappa shape index (κ3) is 5.13. The minimum Gasteiger partial charge on any atom is -0.342 e. The van der Waals surface area contributed by atoms with Crippen molar-refractivity contribution in [1.82, 2.24) is 19.7 Å². The van der Waals surface area contributed by atoms with Gasteiger partial charge in [-0.2, -0.15) is 0 Å². The number of nitrogens with zero attached hydrogens (tertiary/aromatic N) is 4. The molecule has 1 fully saturated rings. The lowest BCUT2D eigenvalue weighted by Gasteiger charge is -2.31. The lowest BCUT2D eigenvalue weighted by atomic mass is 9.94. The molecule has 2 aromatic carbocycles. The minimum atomic E-state index is 0.142. The zero-order valence-corrected chi connectivity index (χ0v) is 19.5. The van der Waals surface area contributed by atoms with Crippen molar-refractivity contribution < 1.29 is 4.79 Å². The minimum absolute atomic E-state index is 0.142. The summed E-state index contributed by atoms with van der Waals surface area (Å²) < 4.78 is 2.02. The number of amides is 1. The Bertz CT molecular complexity index is 1030. The van der Waals surface area contributed by atoms with E-state index in [2.05, 4.69) is 41.4 Å². The summed E-state index contributed by atoms with van der Waals surface area (Å²) >= 11 is 7.50. The normalized spacial score (nSPS) is 14.5. The number of carbonyl (C=O) groups is 1. The zero-order valence-electron chi connectivity index (χ0n) is 17.9. The van der Waals surface area contributed by atoms with E-state index in [0.29, 0.717) is 22.0 Å². The second-order valence-corrected chi connectivity index (χ2v) is 9.45. The third-order valence-electron chi connectivity index (χ3n) is 5.87. The first-order chi connectivity index (χ1) is 15.0. The van der Waals surface area contributed by atoms with Gasteiger partial charge in [-0.25, -0.2) is 0 Å². The molecule has 1 heterocycles. The highest BCUT2D eigenvalue weighted by molar-refractivity contribution is 7.99. The summed E-state index contributed by atoms with van der Waals surface area (Å²) in [5.41, 5.74) is 3.08. The van der Waals surface area contributed by atoms with E-state index in [1.807, 2.05) is 40.8 Å². The van der Waals surface area contributed by atoms with E-state index in [1.165, 1.54) is 36.6 Å². The fourth-order valence-corrected chi connectivity index (χ4v) is 4.98. The highest BCUT2D eigenvalue weighted by Crippen LogP contribution is 2.29. The molecule has 31 heavy (non-hydrogen) atoms.